The van der Waals surface area contributed by atoms with Gasteiger partial charge in [0.2, 0.25) is 0 Å². The Morgan fingerprint density at radius 3 is 1.65 bits per heavy atom. The summed E-state index contributed by atoms with van der Waals surface area (Å²) >= 11 is 0. The largest absolute Gasteiger partial charge is 0.478 e. The van der Waals surface area contributed by atoms with E-state index in [0.717, 1.165) is 30.3 Å². The van der Waals surface area contributed by atoms with Crippen LogP contribution in [0.25, 0.3) is 0 Å². The molecule has 0 atom stereocenters. The predicted molar refractivity (Wildman–Crippen MR) is 84.9 cm³/mol. The van der Waals surface area contributed by atoms with Gasteiger partial charge in [0.1, 0.15) is 0 Å². The van der Waals surface area contributed by atoms with Crippen molar-refractivity contribution in [2.24, 2.45) is 0 Å². The molecule has 0 aromatic heterocycles. The third-order valence-electron chi connectivity index (χ3n) is 3.80. The Labute approximate surface area is 144 Å². The average molecular weight is 355 g/mol. The Bertz CT molecular complexity index is 991. The number of carbonyl (C=O) groups is 5. The summed E-state index contributed by atoms with van der Waals surface area (Å²) in [5, 5.41) is 27.2. The van der Waals surface area contributed by atoms with Crippen molar-refractivity contribution in [3.05, 3.63) is 64.2 Å². The third kappa shape index (κ3) is 2.57. The van der Waals surface area contributed by atoms with Crippen LogP contribution in [0.3, 0.4) is 0 Å². The van der Waals surface area contributed by atoms with E-state index in [2.05, 4.69) is 0 Å². The van der Waals surface area contributed by atoms with Gasteiger partial charge in [0.25, 0.3) is 11.8 Å². The number of fused-ring (bicyclic) bond motifs is 1. The number of carboxylic acids is 3. The number of carbonyl (C=O) groups excluding carboxylic acids is 2. The zero-order chi connectivity index (χ0) is 19.2. The van der Waals surface area contributed by atoms with E-state index in [1.54, 1.807) is 0 Å². The highest BCUT2D eigenvalue weighted by atomic mass is 16.4. The van der Waals surface area contributed by atoms with Crippen molar-refractivity contribution >= 4 is 35.4 Å². The van der Waals surface area contributed by atoms with Crippen LogP contribution in [0.15, 0.2) is 36.4 Å². The molecule has 3 rings (SSSR count). The number of amides is 2. The molecular formula is C17H9NO8. The lowest BCUT2D eigenvalue weighted by atomic mass is 10.1. The first-order valence-electron chi connectivity index (χ1n) is 7.08. The van der Waals surface area contributed by atoms with Crippen LogP contribution in [0.2, 0.25) is 0 Å². The SMILES string of the molecule is O=C(O)c1cc(C(=O)O)cc(N2C(=O)c3ccc(C(=O)O)cc3C2=O)c1. The van der Waals surface area contributed by atoms with Crippen molar-refractivity contribution in [3.63, 3.8) is 0 Å². The number of imide groups is 1. The molecule has 0 fully saturated rings. The zero-order valence-electron chi connectivity index (χ0n) is 12.8. The van der Waals surface area contributed by atoms with E-state index in [0.29, 0.717) is 4.90 Å². The summed E-state index contributed by atoms with van der Waals surface area (Å²) in [6.45, 7) is 0. The van der Waals surface area contributed by atoms with Gasteiger partial charge in [-0.1, -0.05) is 0 Å². The van der Waals surface area contributed by atoms with Gasteiger partial charge in [0.15, 0.2) is 0 Å². The minimum atomic E-state index is -1.43. The molecule has 0 spiro atoms. The summed E-state index contributed by atoms with van der Waals surface area (Å²) in [5.41, 5.74) is -1.47. The van der Waals surface area contributed by atoms with Crippen molar-refractivity contribution in [3.8, 4) is 0 Å². The summed E-state index contributed by atoms with van der Waals surface area (Å²) in [6.07, 6.45) is 0. The molecule has 3 N–H and O–H groups in total. The molecule has 1 heterocycles. The molecule has 9 heteroatoms. The molecule has 26 heavy (non-hydrogen) atoms. The molecule has 1 aliphatic rings. The number of hydrogen-bond donors (Lipinski definition) is 3. The fraction of sp³-hybridized carbons (Fsp3) is 0. The molecule has 130 valence electrons. The molecule has 0 radical (unpaired) electrons. The Balaban J connectivity index is 2.15. The van der Waals surface area contributed by atoms with Crippen molar-refractivity contribution < 1.29 is 39.3 Å². The molecule has 0 unspecified atom stereocenters. The van der Waals surface area contributed by atoms with Gasteiger partial charge in [0.05, 0.1) is 33.5 Å². The fourth-order valence-electron chi connectivity index (χ4n) is 2.60. The lowest BCUT2D eigenvalue weighted by molar-refractivity contribution is 0.0681. The molecule has 9 nitrogen and oxygen atoms in total. The Morgan fingerprint density at radius 2 is 1.15 bits per heavy atom. The Kier molecular flexibility index (Phi) is 3.76. The van der Waals surface area contributed by atoms with Gasteiger partial charge in [0, 0.05) is 0 Å². The minimum Gasteiger partial charge on any atom is -0.478 e. The van der Waals surface area contributed by atoms with Gasteiger partial charge in [-0.05, 0) is 36.4 Å². The van der Waals surface area contributed by atoms with E-state index in [9.17, 15) is 24.0 Å². The first kappa shape index (κ1) is 16.8. The van der Waals surface area contributed by atoms with Crippen molar-refractivity contribution in [2.75, 3.05) is 4.90 Å². The van der Waals surface area contributed by atoms with Crippen LogP contribution in [-0.4, -0.2) is 45.0 Å². The lowest BCUT2D eigenvalue weighted by Crippen LogP contribution is -2.29. The normalized spacial score (nSPS) is 12.8. The van der Waals surface area contributed by atoms with Gasteiger partial charge in [-0.3, -0.25) is 9.59 Å². The topological polar surface area (TPSA) is 149 Å². The first-order chi connectivity index (χ1) is 12.2. The van der Waals surface area contributed by atoms with E-state index in [-0.39, 0.29) is 22.4 Å². The van der Waals surface area contributed by atoms with Crippen LogP contribution in [-0.2, 0) is 0 Å². The van der Waals surface area contributed by atoms with Crippen molar-refractivity contribution in [1.29, 1.82) is 0 Å². The second-order valence-electron chi connectivity index (χ2n) is 5.39. The molecular weight excluding hydrogens is 346 g/mol. The number of rotatable bonds is 4. The van der Waals surface area contributed by atoms with E-state index in [4.69, 9.17) is 15.3 Å². The van der Waals surface area contributed by atoms with E-state index >= 15 is 0 Å². The zero-order valence-corrected chi connectivity index (χ0v) is 12.8. The van der Waals surface area contributed by atoms with Gasteiger partial charge in [-0.25, -0.2) is 19.3 Å². The smallest absolute Gasteiger partial charge is 0.335 e. The van der Waals surface area contributed by atoms with Gasteiger partial charge in [-0.15, -0.1) is 0 Å². The lowest BCUT2D eigenvalue weighted by Gasteiger charge is -2.15. The molecule has 0 saturated carbocycles. The Hall–Kier alpha value is -4.01. The monoisotopic (exact) mass is 355 g/mol. The number of nitrogens with zero attached hydrogens (tertiary/aromatic N) is 1. The summed E-state index contributed by atoms with van der Waals surface area (Å²) in [5.74, 6) is -5.82. The highest BCUT2D eigenvalue weighted by molar-refractivity contribution is 6.35. The Morgan fingerprint density at radius 1 is 0.654 bits per heavy atom. The quantitative estimate of drug-likeness (QED) is 0.700. The molecule has 1 aliphatic heterocycles. The number of anilines is 1. The van der Waals surface area contributed by atoms with Gasteiger partial charge >= 0.3 is 17.9 Å². The second-order valence-corrected chi connectivity index (χ2v) is 5.39. The van der Waals surface area contributed by atoms with Gasteiger partial charge < -0.3 is 15.3 Å². The molecule has 2 aromatic carbocycles. The van der Waals surface area contributed by atoms with Crippen molar-refractivity contribution in [2.45, 2.75) is 0 Å². The molecule has 2 aromatic rings. The molecule has 0 saturated heterocycles. The maximum Gasteiger partial charge on any atom is 0.335 e. The van der Waals surface area contributed by atoms with Crippen LogP contribution < -0.4 is 4.90 Å². The van der Waals surface area contributed by atoms with Crippen LogP contribution in [0, 0.1) is 0 Å². The predicted octanol–water partition coefficient (Wildman–Crippen LogP) is 1.58. The van der Waals surface area contributed by atoms with Crippen LogP contribution in [0.5, 0.6) is 0 Å². The summed E-state index contributed by atoms with van der Waals surface area (Å²) in [4.78, 5) is 59.1. The number of aromatic carboxylic acids is 3. The fourth-order valence-corrected chi connectivity index (χ4v) is 2.60. The average Bonchev–Trinajstić information content (AvgIpc) is 2.84. The number of benzene rings is 2. The highest BCUT2D eigenvalue weighted by Crippen LogP contribution is 2.30. The number of carboxylic acid groups (broad SMARTS) is 3. The van der Waals surface area contributed by atoms with Crippen LogP contribution in [0.1, 0.15) is 51.8 Å². The van der Waals surface area contributed by atoms with Gasteiger partial charge in [-0.2, -0.15) is 0 Å². The molecule has 2 amide bonds. The maximum atomic E-state index is 12.6. The molecule has 0 aliphatic carbocycles. The second kappa shape index (κ2) is 5.81. The number of hydrogen-bond acceptors (Lipinski definition) is 5. The summed E-state index contributed by atoms with van der Waals surface area (Å²) in [6, 6.07) is 6.26. The highest BCUT2D eigenvalue weighted by Gasteiger charge is 2.37. The van der Waals surface area contributed by atoms with E-state index in [1.165, 1.54) is 6.07 Å². The molecule has 0 bridgehead atoms. The standard InChI is InChI=1S/C17H9NO8/c19-13-11-2-1-7(15(21)22)6-12(11)14(20)18(13)10-4-8(16(23)24)3-9(5-10)17(25)26/h1-6H,(H,21,22)(H,23,24)(H,25,26). The summed E-state index contributed by atoms with van der Waals surface area (Å²) < 4.78 is 0. The van der Waals surface area contributed by atoms with E-state index < -0.39 is 40.8 Å². The van der Waals surface area contributed by atoms with E-state index in [1.807, 2.05) is 0 Å². The maximum absolute atomic E-state index is 12.6. The minimum absolute atomic E-state index is 0.0578. The third-order valence-corrected chi connectivity index (χ3v) is 3.80. The van der Waals surface area contributed by atoms with Crippen LogP contribution in [0.4, 0.5) is 5.69 Å². The van der Waals surface area contributed by atoms with Crippen LogP contribution >= 0.6 is 0 Å². The summed E-state index contributed by atoms with van der Waals surface area (Å²) in [7, 11) is 0. The van der Waals surface area contributed by atoms with Crippen molar-refractivity contribution in [1.82, 2.24) is 0 Å². The first-order valence-corrected chi connectivity index (χ1v) is 7.08.